The Kier molecular flexibility index (Phi) is 1.65. The molecular formula is C4H4Cl2OSi. The molecule has 8 heavy (non-hydrogen) atoms. The number of allylic oxidation sites excluding steroid dienone is 2. The van der Waals surface area contributed by atoms with E-state index in [0.29, 0.717) is 0 Å². The van der Waals surface area contributed by atoms with Crippen LogP contribution in [0.2, 0.25) is 0 Å². The van der Waals surface area contributed by atoms with Gasteiger partial charge < -0.3 is 4.43 Å². The van der Waals surface area contributed by atoms with Gasteiger partial charge in [-0.15, -0.1) is 0 Å². The van der Waals surface area contributed by atoms with Crippen molar-refractivity contribution in [2.24, 2.45) is 0 Å². The van der Waals surface area contributed by atoms with E-state index < -0.39 is 6.94 Å². The molecule has 0 unspecified atom stereocenters. The van der Waals surface area contributed by atoms with Crippen LogP contribution in [0.3, 0.4) is 0 Å². The lowest BCUT2D eigenvalue weighted by atomic mass is 10.6. The highest BCUT2D eigenvalue weighted by Gasteiger charge is 2.28. The normalized spacial score (nSPS) is 22.8. The van der Waals surface area contributed by atoms with Gasteiger partial charge in [-0.05, 0) is 11.8 Å². The molecular weight excluding hydrogens is 163 g/mol. The smallest absolute Gasteiger partial charge is 0.476 e. The molecule has 0 aliphatic carbocycles. The fourth-order valence-electron chi connectivity index (χ4n) is 0.382. The summed E-state index contributed by atoms with van der Waals surface area (Å²) in [6.07, 6.45) is 5.04. The number of hydrogen-bond acceptors (Lipinski definition) is 1. The third-order valence-corrected chi connectivity index (χ3v) is 3.03. The van der Waals surface area contributed by atoms with Gasteiger partial charge in [0.25, 0.3) is 0 Å². The molecule has 0 radical (unpaired) electrons. The topological polar surface area (TPSA) is 9.23 Å². The number of rotatable bonds is 0. The lowest BCUT2D eigenvalue weighted by Crippen LogP contribution is -2.19. The highest BCUT2D eigenvalue weighted by Crippen LogP contribution is 2.20. The fraction of sp³-hybridized carbons (Fsp3) is 0. The SMILES string of the molecule is Cl[Si]1(Cl)C=CC=CO1. The molecule has 1 aliphatic heterocycles. The van der Waals surface area contributed by atoms with Crippen LogP contribution < -0.4 is 0 Å². The molecule has 0 saturated carbocycles. The van der Waals surface area contributed by atoms with Crippen molar-refractivity contribution < 1.29 is 4.43 Å². The van der Waals surface area contributed by atoms with Gasteiger partial charge in [-0.3, -0.25) is 0 Å². The van der Waals surface area contributed by atoms with E-state index in [1.807, 2.05) is 0 Å². The molecule has 0 spiro atoms. The van der Waals surface area contributed by atoms with Gasteiger partial charge in [0, 0.05) is 0 Å². The maximum atomic E-state index is 5.62. The first-order valence-corrected chi connectivity index (χ1v) is 6.12. The number of hydrogen-bond donors (Lipinski definition) is 0. The maximum absolute atomic E-state index is 5.62. The molecule has 0 N–H and O–H groups in total. The van der Waals surface area contributed by atoms with Crippen LogP contribution in [0.1, 0.15) is 0 Å². The molecule has 0 fully saturated rings. The first kappa shape index (κ1) is 6.20. The first-order chi connectivity index (χ1) is 3.71. The Labute approximate surface area is 58.1 Å². The Morgan fingerprint density at radius 3 is 2.25 bits per heavy atom. The van der Waals surface area contributed by atoms with Crippen LogP contribution >= 0.6 is 22.2 Å². The third-order valence-electron chi connectivity index (χ3n) is 0.705. The molecule has 0 atom stereocenters. The average Bonchev–Trinajstić information content (AvgIpc) is 1.65. The van der Waals surface area contributed by atoms with Crippen molar-refractivity contribution in [2.45, 2.75) is 0 Å². The van der Waals surface area contributed by atoms with E-state index in [1.54, 1.807) is 17.9 Å². The summed E-state index contributed by atoms with van der Waals surface area (Å²) < 4.78 is 4.87. The van der Waals surface area contributed by atoms with E-state index in [-0.39, 0.29) is 0 Å². The highest BCUT2D eigenvalue weighted by molar-refractivity contribution is 7.44. The standard InChI is InChI=1S/C4H4Cl2OSi/c5-8(6)4-2-1-3-7-8/h1-4H. The van der Waals surface area contributed by atoms with Crippen LogP contribution in [0.4, 0.5) is 0 Å². The van der Waals surface area contributed by atoms with Crippen molar-refractivity contribution in [1.29, 1.82) is 0 Å². The summed E-state index contributed by atoms with van der Waals surface area (Å²) in [5, 5.41) is 0. The van der Waals surface area contributed by atoms with E-state index in [1.165, 1.54) is 6.26 Å². The van der Waals surface area contributed by atoms with Crippen LogP contribution in [0.15, 0.2) is 24.1 Å². The second-order valence-corrected chi connectivity index (χ2v) is 7.01. The van der Waals surface area contributed by atoms with Crippen LogP contribution in [0.25, 0.3) is 0 Å². The molecule has 0 saturated heterocycles. The van der Waals surface area contributed by atoms with Crippen molar-refractivity contribution in [3.8, 4) is 0 Å². The van der Waals surface area contributed by atoms with Gasteiger partial charge in [-0.2, -0.15) is 0 Å². The van der Waals surface area contributed by atoms with E-state index in [0.717, 1.165) is 0 Å². The van der Waals surface area contributed by atoms with Gasteiger partial charge in [0.1, 0.15) is 0 Å². The second-order valence-electron chi connectivity index (χ2n) is 1.37. The molecule has 0 amide bonds. The van der Waals surface area contributed by atoms with E-state index >= 15 is 0 Å². The summed E-state index contributed by atoms with van der Waals surface area (Å²) in [5.74, 6) is 0. The summed E-state index contributed by atoms with van der Waals surface area (Å²) in [4.78, 5) is 0. The van der Waals surface area contributed by atoms with E-state index in [4.69, 9.17) is 26.6 Å². The molecule has 1 nitrogen and oxygen atoms in total. The Balaban J connectivity index is 2.65. The Morgan fingerprint density at radius 1 is 1.25 bits per heavy atom. The van der Waals surface area contributed by atoms with Crippen LogP contribution in [-0.4, -0.2) is 6.94 Å². The molecule has 1 heterocycles. The Hall–Kier alpha value is 0.0769. The lowest BCUT2D eigenvalue weighted by Gasteiger charge is -2.12. The van der Waals surface area contributed by atoms with Crippen molar-refractivity contribution in [2.75, 3.05) is 0 Å². The zero-order chi connectivity index (χ0) is 6.04. The largest absolute Gasteiger partial charge is 0.522 e. The van der Waals surface area contributed by atoms with E-state index in [9.17, 15) is 0 Å². The van der Waals surface area contributed by atoms with E-state index in [2.05, 4.69) is 0 Å². The molecule has 0 aromatic carbocycles. The van der Waals surface area contributed by atoms with Gasteiger partial charge >= 0.3 is 6.94 Å². The number of halogens is 2. The summed E-state index contributed by atoms with van der Waals surface area (Å²) >= 11 is 11.2. The molecule has 4 heteroatoms. The molecule has 0 bridgehead atoms. The molecule has 44 valence electrons. The van der Waals surface area contributed by atoms with Gasteiger partial charge in [0.2, 0.25) is 0 Å². The van der Waals surface area contributed by atoms with Gasteiger partial charge in [-0.1, -0.05) is 28.2 Å². The summed E-state index contributed by atoms with van der Waals surface area (Å²) in [5.41, 5.74) is 1.69. The van der Waals surface area contributed by atoms with Crippen molar-refractivity contribution in [3.63, 3.8) is 0 Å². The zero-order valence-electron chi connectivity index (χ0n) is 3.97. The zero-order valence-corrected chi connectivity index (χ0v) is 6.49. The van der Waals surface area contributed by atoms with Crippen molar-refractivity contribution >= 4 is 29.1 Å². The van der Waals surface area contributed by atoms with Gasteiger partial charge in [-0.25, -0.2) is 0 Å². The predicted octanol–water partition coefficient (Wildman–Crippen LogP) is 2.04. The second kappa shape index (κ2) is 2.13. The minimum Gasteiger partial charge on any atom is -0.522 e. The van der Waals surface area contributed by atoms with Crippen LogP contribution in [-0.2, 0) is 4.43 Å². The fourth-order valence-corrected chi connectivity index (χ4v) is 1.80. The predicted molar refractivity (Wildman–Crippen MR) is 36.8 cm³/mol. The average molecular weight is 167 g/mol. The Morgan fingerprint density at radius 2 is 2.00 bits per heavy atom. The van der Waals surface area contributed by atoms with Gasteiger partial charge in [0.05, 0.1) is 6.26 Å². The lowest BCUT2D eigenvalue weighted by molar-refractivity contribution is 0.506. The van der Waals surface area contributed by atoms with Crippen molar-refractivity contribution in [3.05, 3.63) is 24.1 Å². The van der Waals surface area contributed by atoms with Crippen molar-refractivity contribution in [1.82, 2.24) is 0 Å². The van der Waals surface area contributed by atoms with Crippen LogP contribution in [0, 0.1) is 0 Å². The first-order valence-electron chi connectivity index (χ1n) is 2.11. The summed E-state index contributed by atoms with van der Waals surface area (Å²) in [7, 11) is 0. The Bertz CT molecular complexity index is 141. The van der Waals surface area contributed by atoms with Crippen LogP contribution in [0.5, 0.6) is 0 Å². The monoisotopic (exact) mass is 166 g/mol. The maximum Gasteiger partial charge on any atom is 0.476 e. The summed E-state index contributed by atoms with van der Waals surface area (Å²) in [6, 6.07) is 0. The minimum absolute atomic E-state index is 1.51. The van der Waals surface area contributed by atoms with Gasteiger partial charge in [0.15, 0.2) is 0 Å². The molecule has 0 aromatic rings. The third kappa shape index (κ3) is 1.54. The summed E-state index contributed by atoms with van der Waals surface area (Å²) in [6.45, 7) is -2.41. The quantitative estimate of drug-likeness (QED) is 0.396. The molecule has 1 rings (SSSR count). The highest BCUT2D eigenvalue weighted by atomic mass is 35.7. The molecule has 1 aliphatic rings. The molecule has 0 aromatic heterocycles. The minimum atomic E-state index is -2.41.